The Kier molecular flexibility index (Phi) is 13.5. The Morgan fingerprint density at radius 1 is 1.45 bits per heavy atom. The number of ether oxygens (including phenoxy) is 2. The van der Waals surface area contributed by atoms with E-state index in [2.05, 4.69) is 9.47 Å². The molecule has 0 N–H and O–H groups in total. The minimum atomic E-state index is -0.691. The molecule has 0 saturated carbocycles. The molecule has 5 heteroatoms. The molecule has 0 aliphatic rings. The van der Waals surface area contributed by atoms with E-state index in [9.17, 15) is 4.79 Å². The van der Waals surface area contributed by atoms with Gasteiger partial charge in [-0.1, -0.05) is 24.9 Å². The topological polar surface area (TPSA) is 35.5 Å². The zero-order valence-corrected chi connectivity index (χ0v) is 10.5. The Morgan fingerprint density at radius 3 is 2.55 bits per heavy atom. The van der Waals surface area contributed by atoms with E-state index in [1.165, 1.54) is 0 Å². The van der Waals surface area contributed by atoms with E-state index in [0.717, 1.165) is 12.8 Å². The number of unbranched alkanes of at least 4 members (excludes halogenated alkanes) is 1. The van der Waals surface area contributed by atoms with Gasteiger partial charge in [-0.15, -0.1) is 0 Å². The van der Waals surface area contributed by atoms with Crippen molar-refractivity contribution in [2.45, 2.75) is 19.8 Å². The zero-order chi connectivity index (χ0) is 7.82. The Labute approximate surface area is 93.3 Å². The van der Waals surface area contributed by atoms with E-state index in [4.69, 9.17) is 11.6 Å². The van der Waals surface area contributed by atoms with Gasteiger partial charge in [0.2, 0.25) is 0 Å². The van der Waals surface area contributed by atoms with Crippen LogP contribution in [0.3, 0.4) is 0 Å². The number of carbonyl (C=O) groups is 1. The standard InChI is InChI=1S/C6H11ClO3.Pu/c1-2-3-4-9-6(8)10-5-7;/h2-5H2,1H3;. The molecular weight excluding hydrogens is 400 g/mol. The number of hydrogen-bond acceptors (Lipinski definition) is 3. The monoisotopic (exact) mass is 404 g/mol. The van der Waals surface area contributed by atoms with Crippen molar-refractivity contribution in [3.63, 3.8) is 0 Å². The van der Waals surface area contributed by atoms with E-state index < -0.39 is 6.16 Å². The average Bonchev–Trinajstić information content (AvgIpc) is 1.89. The van der Waals surface area contributed by atoms with E-state index in [1.54, 1.807) is 0 Å². The quantitative estimate of drug-likeness (QED) is 0.405. The van der Waals surface area contributed by atoms with Crippen LogP contribution in [0.5, 0.6) is 0 Å². The van der Waals surface area contributed by atoms with Crippen LogP contribution in [0.15, 0.2) is 0 Å². The van der Waals surface area contributed by atoms with Gasteiger partial charge >= 0.3 is 6.16 Å². The summed E-state index contributed by atoms with van der Waals surface area (Å²) < 4.78 is 8.87. The van der Waals surface area contributed by atoms with Crippen molar-refractivity contribution < 1.29 is 43.4 Å². The fourth-order valence-electron chi connectivity index (χ4n) is 0.386. The Bertz CT molecular complexity index is 99.8. The van der Waals surface area contributed by atoms with Crippen LogP contribution < -0.4 is 0 Å². The smallest absolute Gasteiger partial charge is 0.434 e. The number of rotatable bonds is 4. The van der Waals surface area contributed by atoms with Crippen molar-refractivity contribution in [1.82, 2.24) is 0 Å². The van der Waals surface area contributed by atoms with Gasteiger partial charge in [-0.2, -0.15) is 0 Å². The molecule has 0 atom stereocenters. The first kappa shape index (κ1) is 14.1. The van der Waals surface area contributed by atoms with Crippen LogP contribution in [0.25, 0.3) is 0 Å². The molecule has 0 spiro atoms. The van der Waals surface area contributed by atoms with Crippen molar-refractivity contribution in [3.05, 3.63) is 0 Å². The van der Waals surface area contributed by atoms with Crippen molar-refractivity contribution in [2.75, 3.05) is 12.7 Å². The second kappa shape index (κ2) is 10.5. The van der Waals surface area contributed by atoms with Gasteiger partial charge in [0.05, 0.1) is 6.61 Å². The first-order valence-corrected chi connectivity index (χ1v) is 3.70. The third-order valence-corrected chi connectivity index (χ3v) is 0.999. The Hall–Kier alpha value is 0.547. The molecule has 0 aromatic rings. The molecule has 0 aliphatic carbocycles. The summed E-state index contributed by atoms with van der Waals surface area (Å²) in [6.07, 6.45) is 1.16. The second-order valence-corrected chi connectivity index (χ2v) is 1.92. The Balaban J connectivity index is 0. The van der Waals surface area contributed by atoms with Gasteiger partial charge in [0, 0.05) is 29.2 Å². The summed E-state index contributed by atoms with van der Waals surface area (Å²) >= 11 is 5.09. The van der Waals surface area contributed by atoms with Gasteiger partial charge in [0.25, 0.3) is 0 Å². The van der Waals surface area contributed by atoms with Crippen LogP contribution in [-0.2, 0) is 9.47 Å². The van der Waals surface area contributed by atoms with Crippen LogP contribution >= 0.6 is 11.6 Å². The molecule has 66 valence electrons. The molecule has 0 unspecified atom stereocenters. The van der Waals surface area contributed by atoms with E-state index in [1.807, 2.05) is 6.92 Å². The molecule has 3 nitrogen and oxygen atoms in total. The summed E-state index contributed by atoms with van der Waals surface area (Å²) in [6.45, 7) is 2.42. The van der Waals surface area contributed by atoms with Crippen molar-refractivity contribution in [3.8, 4) is 0 Å². The van der Waals surface area contributed by atoms with Gasteiger partial charge in [0.1, 0.15) is 0 Å². The minimum absolute atomic E-state index is 0. The summed E-state index contributed by atoms with van der Waals surface area (Å²) in [6, 6.07) is -0.148. The molecule has 0 amide bonds. The first-order chi connectivity index (χ1) is 4.81. The summed E-state index contributed by atoms with van der Waals surface area (Å²) in [5.41, 5.74) is 0. The summed E-state index contributed by atoms with van der Waals surface area (Å²) in [4.78, 5) is 10.4. The molecule has 11 heavy (non-hydrogen) atoms. The predicted octanol–water partition coefficient (Wildman–Crippen LogP) is 2.14. The van der Waals surface area contributed by atoms with Crippen LogP contribution in [-0.4, -0.2) is 18.8 Å². The van der Waals surface area contributed by atoms with Crippen molar-refractivity contribution in [2.24, 2.45) is 0 Å². The first-order valence-electron chi connectivity index (χ1n) is 3.16. The van der Waals surface area contributed by atoms with Crippen molar-refractivity contribution in [1.29, 1.82) is 0 Å². The maximum Gasteiger partial charge on any atom is 0.509 e. The fraction of sp³-hybridized carbons (Fsp3) is 0.833. The zero-order valence-electron chi connectivity index (χ0n) is 6.34. The second-order valence-electron chi connectivity index (χ2n) is 1.71. The molecule has 0 saturated heterocycles. The summed E-state index contributed by atoms with van der Waals surface area (Å²) in [7, 11) is 0. The molecular formula is C6H11ClO3Pu. The average molecular weight is 411 g/mol. The van der Waals surface area contributed by atoms with Gasteiger partial charge in [0.15, 0.2) is 6.07 Å². The van der Waals surface area contributed by atoms with E-state index >= 15 is 0 Å². The van der Waals surface area contributed by atoms with E-state index in [-0.39, 0.29) is 35.2 Å². The maximum absolute atomic E-state index is 10.4. The molecule has 0 aromatic carbocycles. The molecule has 0 fully saturated rings. The number of alkyl halides is 1. The minimum Gasteiger partial charge on any atom is -0.434 e. The molecule has 0 heterocycles. The fourth-order valence-corrected chi connectivity index (χ4v) is 0.475. The van der Waals surface area contributed by atoms with Crippen LogP contribution in [0, 0.1) is 29.2 Å². The number of carbonyl (C=O) groups excluding carboxylic acids is 1. The molecule has 0 aliphatic heterocycles. The number of hydrogen-bond donors (Lipinski definition) is 0. The predicted molar refractivity (Wildman–Crippen MR) is 38.1 cm³/mol. The molecule has 0 aromatic heterocycles. The number of halogens is 1. The molecule has 0 bridgehead atoms. The summed E-state index contributed by atoms with van der Waals surface area (Å²) in [5.74, 6) is 0. The Morgan fingerprint density at radius 2 is 2.09 bits per heavy atom. The van der Waals surface area contributed by atoms with Gasteiger partial charge in [-0.3, -0.25) is 0 Å². The van der Waals surface area contributed by atoms with Gasteiger partial charge in [-0.25, -0.2) is 4.79 Å². The van der Waals surface area contributed by atoms with Crippen LogP contribution in [0.2, 0.25) is 0 Å². The third-order valence-electron chi connectivity index (χ3n) is 0.890. The van der Waals surface area contributed by atoms with Gasteiger partial charge in [-0.05, 0) is 6.42 Å². The van der Waals surface area contributed by atoms with Crippen LogP contribution in [0.1, 0.15) is 19.8 Å². The maximum atomic E-state index is 10.4. The van der Waals surface area contributed by atoms with Gasteiger partial charge < -0.3 is 9.47 Å². The molecule has 0 radical (unpaired) electrons. The summed E-state index contributed by atoms with van der Waals surface area (Å²) in [5, 5.41) is 0. The van der Waals surface area contributed by atoms with Crippen LogP contribution in [0.4, 0.5) is 4.79 Å². The molecule has 0 rings (SSSR count). The SMILES string of the molecule is CCCCOC(=O)OCCl.[Pu]. The largest absolute Gasteiger partial charge is 0.509 e. The third kappa shape index (κ3) is 10.5. The normalized spacial score (nSPS) is 8.18. The van der Waals surface area contributed by atoms with E-state index in [0.29, 0.717) is 6.61 Å². The van der Waals surface area contributed by atoms with Crippen molar-refractivity contribution >= 4 is 17.8 Å².